The first-order valence-corrected chi connectivity index (χ1v) is 9.70. The summed E-state index contributed by atoms with van der Waals surface area (Å²) in [4.78, 5) is 25.4. The van der Waals surface area contributed by atoms with Gasteiger partial charge in [0.2, 0.25) is 0 Å². The zero-order chi connectivity index (χ0) is 23.1. The number of alkyl halides is 3. The van der Waals surface area contributed by atoms with E-state index in [0.29, 0.717) is 23.1 Å². The number of rotatable bonds is 5. The molecule has 1 amide bonds. The Kier molecular flexibility index (Phi) is 6.31. The summed E-state index contributed by atoms with van der Waals surface area (Å²) in [5.74, 6) is -0.620. The van der Waals surface area contributed by atoms with Gasteiger partial charge in [0.05, 0.1) is 16.5 Å². The number of hydrogen-bond acceptors (Lipinski definition) is 4. The van der Waals surface area contributed by atoms with Crippen LogP contribution < -0.4 is 10.1 Å². The zero-order valence-corrected chi connectivity index (χ0v) is 18.3. The maximum absolute atomic E-state index is 12.9. The van der Waals surface area contributed by atoms with Gasteiger partial charge < -0.3 is 14.8 Å². The molecule has 0 bridgehead atoms. The van der Waals surface area contributed by atoms with Crippen molar-refractivity contribution in [3.63, 3.8) is 0 Å². The highest BCUT2D eigenvalue weighted by molar-refractivity contribution is 6.24. The standard InChI is InChI=1S/C22H28F3NO4/c1-8-13-10-14(29-11-22(23,24)25)9-12(2)15(13)16-17(21(6,7)26-18(16)27)30-19(28)20(3,4)5/h9-10H,8,11H2,1-7H3,(H,26,27). The fourth-order valence-electron chi connectivity index (χ4n) is 3.18. The van der Waals surface area contributed by atoms with Crippen LogP contribution in [0.2, 0.25) is 0 Å². The van der Waals surface area contributed by atoms with Crippen LogP contribution in [-0.2, 0) is 20.7 Å². The van der Waals surface area contributed by atoms with E-state index in [1.54, 1.807) is 41.5 Å². The van der Waals surface area contributed by atoms with Gasteiger partial charge in [0.15, 0.2) is 6.61 Å². The van der Waals surface area contributed by atoms with Crippen molar-refractivity contribution in [2.24, 2.45) is 5.41 Å². The van der Waals surface area contributed by atoms with Crippen molar-refractivity contribution >= 4 is 17.4 Å². The van der Waals surface area contributed by atoms with E-state index in [1.807, 2.05) is 6.92 Å². The lowest BCUT2D eigenvalue weighted by molar-refractivity contribution is -0.153. The fraction of sp³-hybridized carbons (Fsp3) is 0.545. The molecular weight excluding hydrogens is 399 g/mol. The van der Waals surface area contributed by atoms with E-state index in [0.717, 1.165) is 0 Å². The number of carbonyl (C=O) groups excluding carboxylic acids is 2. The Bertz CT molecular complexity index is 893. The number of benzene rings is 1. The molecule has 166 valence electrons. The molecule has 0 aromatic heterocycles. The number of amides is 1. The Morgan fingerprint density at radius 2 is 1.77 bits per heavy atom. The van der Waals surface area contributed by atoms with E-state index >= 15 is 0 Å². The topological polar surface area (TPSA) is 64.6 Å². The molecule has 2 rings (SSSR count). The molecule has 0 fully saturated rings. The molecule has 0 saturated heterocycles. The number of aryl methyl sites for hydroxylation is 2. The van der Waals surface area contributed by atoms with E-state index < -0.39 is 35.6 Å². The van der Waals surface area contributed by atoms with Crippen LogP contribution >= 0.6 is 0 Å². The number of nitrogens with one attached hydrogen (secondary N) is 1. The maximum Gasteiger partial charge on any atom is 0.422 e. The monoisotopic (exact) mass is 427 g/mol. The minimum atomic E-state index is -4.45. The van der Waals surface area contributed by atoms with Gasteiger partial charge in [0.25, 0.3) is 5.91 Å². The molecule has 1 aromatic carbocycles. The highest BCUT2D eigenvalue weighted by atomic mass is 19.4. The van der Waals surface area contributed by atoms with E-state index in [9.17, 15) is 22.8 Å². The zero-order valence-electron chi connectivity index (χ0n) is 18.3. The predicted molar refractivity (Wildman–Crippen MR) is 107 cm³/mol. The minimum Gasteiger partial charge on any atom is -0.484 e. The lowest BCUT2D eigenvalue weighted by Crippen LogP contribution is -2.40. The second-order valence-electron chi connectivity index (χ2n) is 8.95. The molecule has 1 aromatic rings. The van der Waals surface area contributed by atoms with Crippen molar-refractivity contribution in [2.45, 2.75) is 66.6 Å². The Morgan fingerprint density at radius 3 is 2.27 bits per heavy atom. The summed E-state index contributed by atoms with van der Waals surface area (Å²) >= 11 is 0. The number of carbonyl (C=O) groups is 2. The van der Waals surface area contributed by atoms with E-state index in [-0.39, 0.29) is 17.1 Å². The van der Waals surface area contributed by atoms with Crippen LogP contribution in [0.25, 0.3) is 5.57 Å². The van der Waals surface area contributed by atoms with E-state index in [1.165, 1.54) is 12.1 Å². The molecule has 30 heavy (non-hydrogen) atoms. The van der Waals surface area contributed by atoms with Crippen molar-refractivity contribution in [2.75, 3.05) is 6.61 Å². The van der Waals surface area contributed by atoms with Gasteiger partial charge in [-0.1, -0.05) is 6.92 Å². The van der Waals surface area contributed by atoms with Crippen LogP contribution in [0.5, 0.6) is 5.75 Å². The quantitative estimate of drug-likeness (QED) is 0.692. The molecular formula is C22H28F3NO4. The molecule has 0 unspecified atom stereocenters. The number of esters is 1. The molecule has 1 aliphatic heterocycles. The first-order chi connectivity index (χ1) is 13.6. The lowest BCUT2D eigenvalue weighted by Gasteiger charge is -2.25. The number of halogens is 3. The smallest absolute Gasteiger partial charge is 0.422 e. The van der Waals surface area contributed by atoms with Gasteiger partial charge in [-0.25, -0.2) is 0 Å². The van der Waals surface area contributed by atoms with Gasteiger partial charge in [-0.3, -0.25) is 9.59 Å². The molecule has 8 heteroatoms. The highest BCUT2D eigenvalue weighted by Gasteiger charge is 2.43. The fourth-order valence-corrected chi connectivity index (χ4v) is 3.18. The molecule has 0 atom stereocenters. The van der Waals surface area contributed by atoms with E-state index in [4.69, 9.17) is 9.47 Å². The van der Waals surface area contributed by atoms with Crippen LogP contribution in [0.4, 0.5) is 13.2 Å². The first-order valence-electron chi connectivity index (χ1n) is 9.70. The third-order valence-electron chi connectivity index (χ3n) is 4.68. The summed E-state index contributed by atoms with van der Waals surface area (Å²) in [6.07, 6.45) is -4.01. The Labute approximate surface area is 174 Å². The largest absolute Gasteiger partial charge is 0.484 e. The summed E-state index contributed by atoms with van der Waals surface area (Å²) in [6.45, 7) is 10.7. The van der Waals surface area contributed by atoms with Crippen LogP contribution in [0, 0.1) is 12.3 Å². The molecule has 0 aliphatic carbocycles. The van der Waals surface area contributed by atoms with Gasteiger partial charge in [0.1, 0.15) is 11.5 Å². The third-order valence-corrected chi connectivity index (χ3v) is 4.68. The predicted octanol–water partition coefficient (Wildman–Crippen LogP) is 4.71. The summed E-state index contributed by atoms with van der Waals surface area (Å²) in [5.41, 5.74) is 0.234. The average molecular weight is 427 g/mol. The van der Waals surface area contributed by atoms with Crippen LogP contribution in [0.1, 0.15) is 58.2 Å². The van der Waals surface area contributed by atoms with Crippen LogP contribution in [0.15, 0.2) is 17.9 Å². The molecule has 1 aliphatic rings. The Balaban J connectivity index is 2.61. The van der Waals surface area contributed by atoms with E-state index in [2.05, 4.69) is 5.32 Å². The van der Waals surface area contributed by atoms with Crippen molar-refractivity contribution in [3.05, 3.63) is 34.6 Å². The second-order valence-corrected chi connectivity index (χ2v) is 8.95. The van der Waals surface area contributed by atoms with Crippen molar-refractivity contribution in [1.29, 1.82) is 0 Å². The second kappa shape index (κ2) is 7.96. The molecule has 1 N–H and O–H groups in total. The summed E-state index contributed by atoms with van der Waals surface area (Å²) in [5, 5.41) is 2.82. The van der Waals surface area contributed by atoms with Crippen molar-refractivity contribution in [3.8, 4) is 5.75 Å². The van der Waals surface area contributed by atoms with Gasteiger partial charge in [-0.05, 0) is 76.8 Å². The van der Waals surface area contributed by atoms with Crippen molar-refractivity contribution in [1.82, 2.24) is 5.32 Å². The van der Waals surface area contributed by atoms with Crippen LogP contribution in [-0.4, -0.2) is 30.2 Å². The highest BCUT2D eigenvalue weighted by Crippen LogP contribution is 2.39. The first kappa shape index (κ1) is 23.8. The van der Waals surface area contributed by atoms with Gasteiger partial charge in [-0.15, -0.1) is 0 Å². The third kappa shape index (κ3) is 5.15. The Morgan fingerprint density at radius 1 is 1.17 bits per heavy atom. The van der Waals surface area contributed by atoms with Crippen LogP contribution in [0.3, 0.4) is 0 Å². The van der Waals surface area contributed by atoms with Gasteiger partial charge in [-0.2, -0.15) is 13.2 Å². The summed E-state index contributed by atoms with van der Waals surface area (Å²) < 4.78 is 48.1. The lowest BCUT2D eigenvalue weighted by atomic mass is 9.90. The number of hydrogen-bond donors (Lipinski definition) is 1. The number of ether oxygens (including phenoxy) is 2. The molecule has 0 radical (unpaired) electrons. The molecule has 1 heterocycles. The normalized spacial score (nSPS) is 16.5. The average Bonchev–Trinajstić information content (AvgIpc) is 2.79. The summed E-state index contributed by atoms with van der Waals surface area (Å²) in [6, 6.07) is 2.94. The minimum absolute atomic E-state index is 0.0666. The summed E-state index contributed by atoms with van der Waals surface area (Å²) in [7, 11) is 0. The molecule has 0 spiro atoms. The molecule has 0 saturated carbocycles. The molecule has 5 nitrogen and oxygen atoms in total. The Hall–Kier alpha value is -2.51. The van der Waals surface area contributed by atoms with Crippen molar-refractivity contribution < 1.29 is 32.2 Å². The SMILES string of the molecule is CCc1cc(OCC(F)(F)F)cc(C)c1C1=C(OC(=O)C(C)(C)C)C(C)(C)NC1=O. The van der Waals surface area contributed by atoms with Gasteiger partial charge in [0, 0.05) is 0 Å². The maximum atomic E-state index is 12.9. The van der Waals surface area contributed by atoms with Gasteiger partial charge >= 0.3 is 12.1 Å².